The lowest BCUT2D eigenvalue weighted by molar-refractivity contribution is -0.716. The standard InChI is InChI=1S/C14H17ClN4/c1-9-7-19(8-10(2)16-9)13-11-5-3-4-6-12(11)17-14(15)18-13/h3-6,9-10,16H,7-8H2,1-2H3/p+1/t9-,10+. The van der Waals surface area contributed by atoms with E-state index in [2.05, 4.69) is 40.1 Å². The minimum absolute atomic E-state index is 0.323. The smallest absolute Gasteiger partial charge is 0.224 e. The molecule has 2 atom stereocenters. The molecule has 0 spiro atoms. The fourth-order valence-corrected chi connectivity index (χ4v) is 3.07. The van der Waals surface area contributed by atoms with Crippen molar-refractivity contribution in [2.45, 2.75) is 25.9 Å². The van der Waals surface area contributed by atoms with Gasteiger partial charge in [0.1, 0.15) is 17.9 Å². The molecule has 3 rings (SSSR count). The summed E-state index contributed by atoms with van der Waals surface area (Å²) in [6, 6.07) is 9.17. The highest BCUT2D eigenvalue weighted by atomic mass is 35.5. The molecule has 1 saturated heterocycles. The van der Waals surface area contributed by atoms with Crippen molar-refractivity contribution in [2.75, 3.05) is 18.0 Å². The Bertz CT molecular complexity index is 591. The monoisotopic (exact) mass is 277 g/mol. The molecule has 4 nitrogen and oxygen atoms in total. The molecule has 0 amide bonds. The maximum Gasteiger partial charge on any atom is 0.224 e. The molecule has 0 aliphatic carbocycles. The van der Waals surface area contributed by atoms with Crippen molar-refractivity contribution in [3.05, 3.63) is 29.5 Å². The number of nitrogens with zero attached hydrogens (tertiary/aromatic N) is 3. The van der Waals surface area contributed by atoms with Gasteiger partial charge in [-0.1, -0.05) is 12.1 Å². The van der Waals surface area contributed by atoms with Crippen LogP contribution in [0.15, 0.2) is 24.3 Å². The zero-order valence-corrected chi connectivity index (χ0v) is 11.9. The predicted molar refractivity (Wildman–Crippen MR) is 77.6 cm³/mol. The Morgan fingerprint density at radius 1 is 1.16 bits per heavy atom. The molecule has 1 fully saturated rings. The van der Waals surface area contributed by atoms with E-state index >= 15 is 0 Å². The largest absolute Gasteiger partial charge is 0.344 e. The Morgan fingerprint density at radius 2 is 1.84 bits per heavy atom. The van der Waals surface area contributed by atoms with Crippen molar-refractivity contribution in [1.29, 1.82) is 0 Å². The van der Waals surface area contributed by atoms with Gasteiger partial charge in [0, 0.05) is 5.39 Å². The highest BCUT2D eigenvalue weighted by molar-refractivity contribution is 6.28. The van der Waals surface area contributed by atoms with Gasteiger partial charge in [-0.15, -0.1) is 0 Å². The zero-order valence-electron chi connectivity index (χ0n) is 11.2. The minimum atomic E-state index is 0.323. The van der Waals surface area contributed by atoms with Crippen LogP contribution in [0.25, 0.3) is 10.9 Å². The summed E-state index contributed by atoms with van der Waals surface area (Å²) < 4.78 is 0. The maximum absolute atomic E-state index is 6.06. The molecule has 0 radical (unpaired) electrons. The molecule has 2 N–H and O–H groups in total. The first kappa shape index (κ1) is 12.6. The van der Waals surface area contributed by atoms with Crippen LogP contribution in [-0.2, 0) is 0 Å². The van der Waals surface area contributed by atoms with Gasteiger partial charge >= 0.3 is 0 Å². The highest BCUT2D eigenvalue weighted by Crippen LogP contribution is 2.25. The maximum atomic E-state index is 6.06. The number of anilines is 1. The third-order valence-electron chi connectivity index (χ3n) is 3.53. The van der Waals surface area contributed by atoms with Crippen LogP contribution in [-0.4, -0.2) is 35.1 Å². The molecule has 100 valence electrons. The van der Waals surface area contributed by atoms with Crippen LogP contribution < -0.4 is 10.2 Å². The van der Waals surface area contributed by atoms with Gasteiger partial charge in [0.15, 0.2) is 0 Å². The van der Waals surface area contributed by atoms with E-state index in [0.717, 1.165) is 29.8 Å². The molecule has 1 aliphatic heterocycles. The molecule has 0 unspecified atom stereocenters. The third kappa shape index (κ3) is 2.51. The van der Waals surface area contributed by atoms with Crippen molar-refractivity contribution >= 4 is 28.3 Å². The SMILES string of the molecule is C[C@@H]1CN(c2nc(Cl)nc3ccccc23)C[C@H](C)[NH2+]1. The van der Waals surface area contributed by atoms with Gasteiger partial charge < -0.3 is 10.2 Å². The second-order valence-corrected chi connectivity index (χ2v) is 5.72. The van der Waals surface area contributed by atoms with E-state index in [1.807, 2.05) is 18.2 Å². The molecule has 0 saturated carbocycles. The van der Waals surface area contributed by atoms with Crippen LogP contribution in [0.5, 0.6) is 0 Å². The van der Waals surface area contributed by atoms with Crippen molar-refractivity contribution in [3.8, 4) is 0 Å². The van der Waals surface area contributed by atoms with Crippen LogP contribution in [0.1, 0.15) is 13.8 Å². The van der Waals surface area contributed by atoms with Crippen molar-refractivity contribution in [1.82, 2.24) is 9.97 Å². The average molecular weight is 278 g/mol. The second kappa shape index (κ2) is 4.94. The number of quaternary nitrogens is 1. The van der Waals surface area contributed by atoms with E-state index in [-0.39, 0.29) is 0 Å². The first-order valence-electron chi connectivity index (χ1n) is 6.65. The number of rotatable bonds is 1. The summed E-state index contributed by atoms with van der Waals surface area (Å²) in [7, 11) is 0. The molecule has 19 heavy (non-hydrogen) atoms. The number of piperazine rings is 1. The quantitative estimate of drug-likeness (QED) is 0.803. The Kier molecular flexibility index (Phi) is 3.29. The van der Waals surface area contributed by atoms with Crippen LogP contribution in [0.4, 0.5) is 5.82 Å². The first-order valence-corrected chi connectivity index (χ1v) is 7.03. The molecule has 2 heterocycles. The minimum Gasteiger partial charge on any atom is -0.344 e. The molecule has 1 aromatic carbocycles. The normalized spacial score (nSPS) is 23.8. The molecule has 0 bridgehead atoms. The van der Waals surface area contributed by atoms with Crippen molar-refractivity contribution < 1.29 is 5.32 Å². The van der Waals surface area contributed by atoms with E-state index < -0.39 is 0 Å². The lowest BCUT2D eigenvalue weighted by Crippen LogP contribution is -2.99. The van der Waals surface area contributed by atoms with Crippen LogP contribution in [0.3, 0.4) is 0 Å². The van der Waals surface area contributed by atoms with Gasteiger partial charge in [-0.05, 0) is 37.6 Å². The molecule has 5 heteroatoms. The van der Waals surface area contributed by atoms with Gasteiger partial charge in [-0.2, -0.15) is 4.98 Å². The van der Waals surface area contributed by atoms with Crippen molar-refractivity contribution in [3.63, 3.8) is 0 Å². The molecular weight excluding hydrogens is 260 g/mol. The summed E-state index contributed by atoms with van der Waals surface area (Å²) in [4.78, 5) is 11.1. The van der Waals surface area contributed by atoms with Gasteiger partial charge in [0.2, 0.25) is 5.28 Å². The molecule has 1 aliphatic rings. The number of hydrogen-bond donors (Lipinski definition) is 1. The predicted octanol–water partition coefficient (Wildman–Crippen LogP) is 1.44. The number of benzene rings is 1. The fourth-order valence-electron chi connectivity index (χ4n) is 2.90. The fraction of sp³-hybridized carbons (Fsp3) is 0.429. The summed E-state index contributed by atoms with van der Waals surface area (Å²) in [5, 5.41) is 3.80. The molecule has 2 aromatic rings. The highest BCUT2D eigenvalue weighted by Gasteiger charge is 2.26. The zero-order chi connectivity index (χ0) is 13.4. The summed E-state index contributed by atoms with van der Waals surface area (Å²) in [5.74, 6) is 0.961. The Labute approximate surface area is 117 Å². The Hall–Kier alpha value is -1.39. The van der Waals surface area contributed by atoms with Crippen LogP contribution >= 0.6 is 11.6 Å². The average Bonchev–Trinajstić information content (AvgIpc) is 2.36. The lowest BCUT2D eigenvalue weighted by Gasteiger charge is -2.34. The number of halogens is 1. The molecule has 1 aromatic heterocycles. The summed E-state index contributed by atoms with van der Waals surface area (Å²) in [6.45, 7) is 6.46. The summed E-state index contributed by atoms with van der Waals surface area (Å²) in [5.41, 5.74) is 0.910. The summed E-state index contributed by atoms with van der Waals surface area (Å²) in [6.07, 6.45) is 0. The Balaban J connectivity index is 2.08. The van der Waals surface area contributed by atoms with E-state index in [1.54, 1.807) is 0 Å². The number of para-hydroxylation sites is 1. The van der Waals surface area contributed by atoms with Gasteiger partial charge in [-0.3, -0.25) is 0 Å². The van der Waals surface area contributed by atoms with Gasteiger partial charge in [0.25, 0.3) is 0 Å². The third-order valence-corrected chi connectivity index (χ3v) is 3.70. The van der Waals surface area contributed by atoms with E-state index in [0.29, 0.717) is 17.4 Å². The Morgan fingerprint density at radius 3 is 2.58 bits per heavy atom. The lowest BCUT2D eigenvalue weighted by atomic mass is 10.1. The number of hydrogen-bond acceptors (Lipinski definition) is 3. The van der Waals surface area contributed by atoms with Gasteiger partial charge in [0.05, 0.1) is 18.6 Å². The summed E-state index contributed by atoms with van der Waals surface area (Å²) >= 11 is 6.06. The topological polar surface area (TPSA) is 45.6 Å². The first-order chi connectivity index (χ1) is 9.13. The van der Waals surface area contributed by atoms with Crippen LogP contribution in [0, 0.1) is 0 Å². The van der Waals surface area contributed by atoms with E-state index in [9.17, 15) is 0 Å². The number of aromatic nitrogens is 2. The molecular formula is C14H18ClN4+. The second-order valence-electron chi connectivity index (χ2n) is 5.39. The number of nitrogens with two attached hydrogens (primary N) is 1. The van der Waals surface area contributed by atoms with Crippen molar-refractivity contribution in [2.24, 2.45) is 0 Å². The van der Waals surface area contributed by atoms with Crippen LogP contribution in [0.2, 0.25) is 5.28 Å². The number of fused-ring (bicyclic) bond motifs is 1. The van der Waals surface area contributed by atoms with E-state index in [1.165, 1.54) is 0 Å². The van der Waals surface area contributed by atoms with E-state index in [4.69, 9.17) is 11.6 Å². The van der Waals surface area contributed by atoms with Gasteiger partial charge in [-0.25, -0.2) is 4.98 Å².